The van der Waals surface area contributed by atoms with Crippen molar-refractivity contribution in [3.05, 3.63) is 28.7 Å². The van der Waals surface area contributed by atoms with E-state index in [1.165, 1.54) is 27.3 Å². The molecule has 0 radical (unpaired) electrons. The van der Waals surface area contributed by atoms with E-state index in [-0.39, 0.29) is 22.7 Å². The molecule has 23 heavy (non-hydrogen) atoms. The predicted molar refractivity (Wildman–Crippen MR) is 84.2 cm³/mol. The fraction of sp³-hybridized carbons (Fsp3) is 0.267. The van der Waals surface area contributed by atoms with Gasteiger partial charge in [-0.25, -0.2) is 4.79 Å². The minimum atomic E-state index is -0.546. The molecule has 0 unspecified atom stereocenters. The number of imide groups is 1. The summed E-state index contributed by atoms with van der Waals surface area (Å²) in [5.74, 6) is -0.237. The molecular formula is C15H15NO6S. The van der Waals surface area contributed by atoms with E-state index in [9.17, 15) is 14.4 Å². The van der Waals surface area contributed by atoms with Crippen LogP contribution < -0.4 is 9.47 Å². The van der Waals surface area contributed by atoms with Gasteiger partial charge < -0.3 is 14.2 Å². The van der Waals surface area contributed by atoms with Gasteiger partial charge in [0.15, 0.2) is 18.1 Å². The van der Waals surface area contributed by atoms with Crippen molar-refractivity contribution in [3.63, 3.8) is 0 Å². The van der Waals surface area contributed by atoms with Crippen molar-refractivity contribution in [2.45, 2.75) is 0 Å². The van der Waals surface area contributed by atoms with Crippen LogP contribution in [0.3, 0.4) is 0 Å². The standard InChI is InChI=1S/C15H15NO6S/c1-16-14(18)11(23-15(16)19)7-9-5-4-6-10(20-2)13(9)22-8-12(17)21-3/h4-7H,8H2,1-3H3/b11-7+. The van der Waals surface area contributed by atoms with Crippen LogP contribution in [0.1, 0.15) is 5.56 Å². The van der Waals surface area contributed by atoms with Crippen LogP contribution >= 0.6 is 11.8 Å². The van der Waals surface area contributed by atoms with Crippen LogP contribution in [0.25, 0.3) is 6.08 Å². The molecule has 1 aromatic rings. The van der Waals surface area contributed by atoms with Gasteiger partial charge in [-0.15, -0.1) is 0 Å². The van der Waals surface area contributed by atoms with Crippen LogP contribution in [-0.2, 0) is 14.3 Å². The number of nitrogens with zero attached hydrogens (tertiary/aromatic N) is 1. The molecule has 0 N–H and O–H groups in total. The third kappa shape index (κ3) is 3.65. The van der Waals surface area contributed by atoms with Crippen LogP contribution in [0, 0.1) is 0 Å². The average molecular weight is 337 g/mol. The van der Waals surface area contributed by atoms with Gasteiger partial charge in [-0.05, 0) is 23.9 Å². The number of likely N-dealkylation sites (N-methyl/N-ethyl adjacent to an activating group) is 1. The van der Waals surface area contributed by atoms with Gasteiger partial charge in [0.1, 0.15) is 0 Å². The van der Waals surface area contributed by atoms with Gasteiger partial charge in [-0.2, -0.15) is 0 Å². The van der Waals surface area contributed by atoms with Crippen LogP contribution in [-0.4, -0.2) is 49.9 Å². The van der Waals surface area contributed by atoms with Crippen molar-refractivity contribution in [3.8, 4) is 11.5 Å². The minimum absolute atomic E-state index is 0.272. The van der Waals surface area contributed by atoms with E-state index >= 15 is 0 Å². The summed E-state index contributed by atoms with van der Waals surface area (Å²) in [6.07, 6.45) is 1.53. The topological polar surface area (TPSA) is 82.1 Å². The second kappa shape index (κ2) is 7.19. The summed E-state index contributed by atoms with van der Waals surface area (Å²) in [5, 5.41) is -0.346. The fourth-order valence-electron chi connectivity index (χ4n) is 1.84. The third-order valence-electron chi connectivity index (χ3n) is 3.06. The summed E-state index contributed by atoms with van der Waals surface area (Å²) in [6, 6.07) is 5.07. The molecule has 0 bridgehead atoms. The summed E-state index contributed by atoms with van der Waals surface area (Å²) in [7, 11) is 4.13. The molecule has 0 atom stereocenters. The van der Waals surface area contributed by atoms with E-state index in [0.29, 0.717) is 17.1 Å². The smallest absolute Gasteiger partial charge is 0.343 e. The molecule has 2 rings (SSSR count). The van der Waals surface area contributed by atoms with Crippen LogP contribution in [0.4, 0.5) is 4.79 Å². The number of rotatable bonds is 5. The number of hydrogen-bond acceptors (Lipinski definition) is 7. The highest BCUT2D eigenvalue weighted by molar-refractivity contribution is 8.18. The number of carbonyl (C=O) groups is 3. The first-order valence-electron chi connectivity index (χ1n) is 6.56. The second-order valence-electron chi connectivity index (χ2n) is 4.48. The predicted octanol–water partition coefficient (Wildman–Crippen LogP) is 1.91. The molecule has 2 amide bonds. The van der Waals surface area contributed by atoms with Gasteiger partial charge >= 0.3 is 5.97 Å². The zero-order valence-electron chi connectivity index (χ0n) is 12.8. The van der Waals surface area contributed by atoms with Crippen molar-refractivity contribution < 1.29 is 28.6 Å². The summed E-state index contributed by atoms with van der Waals surface area (Å²) in [5.41, 5.74) is 0.521. The molecule has 1 aliphatic rings. The Balaban J connectivity index is 2.36. The van der Waals surface area contributed by atoms with Gasteiger partial charge in [-0.1, -0.05) is 12.1 Å². The number of thioether (sulfide) groups is 1. The van der Waals surface area contributed by atoms with Gasteiger partial charge in [0, 0.05) is 12.6 Å². The largest absolute Gasteiger partial charge is 0.493 e. The quantitative estimate of drug-likeness (QED) is 0.599. The first-order valence-corrected chi connectivity index (χ1v) is 7.37. The van der Waals surface area contributed by atoms with E-state index in [2.05, 4.69) is 4.74 Å². The molecule has 8 heteroatoms. The Morgan fingerprint density at radius 1 is 1.30 bits per heavy atom. The Labute approximate surface area is 137 Å². The maximum atomic E-state index is 12.0. The number of methoxy groups -OCH3 is 2. The summed E-state index contributed by atoms with van der Waals surface area (Å²) < 4.78 is 15.2. The molecule has 0 saturated carbocycles. The van der Waals surface area contributed by atoms with E-state index in [1.54, 1.807) is 18.2 Å². The molecule has 1 saturated heterocycles. The van der Waals surface area contributed by atoms with Crippen molar-refractivity contribution >= 4 is 35.0 Å². The summed E-state index contributed by atoms with van der Waals surface area (Å²) in [6.45, 7) is -0.299. The molecule has 7 nitrogen and oxygen atoms in total. The van der Waals surface area contributed by atoms with Crippen LogP contribution in [0.2, 0.25) is 0 Å². The number of ether oxygens (including phenoxy) is 3. The maximum Gasteiger partial charge on any atom is 0.343 e. The number of carbonyl (C=O) groups excluding carboxylic acids is 3. The average Bonchev–Trinajstić information content (AvgIpc) is 2.80. The maximum absolute atomic E-state index is 12.0. The van der Waals surface area contributed by atoms with E-state index in [0.717, 1.165) is 16.7 Å². The molecule has 1 aliphatic heterocycles. The molecule has 122 valence electrons. The van der Waals surface area contributed by atoms with E-state index in [1.807, 2.05) is 0 Å². The lowest BCUT2D eigenvalue weighted by molar-refractivity contribution is -0.142. The van der Waals surface area contributed by atoms with Gasteiger partial charge in [0.2, 0.25) is 0 Å². The number of para-hydroxylation sites is 1. The highest BCUT2D eigenvalue weighted by Crippen LogP contribution is 2.36. The number of hydrogen-bond donors (Lipinski definition) is 0. The van der Waals surface area contributed by atoms with Crippen molar-refractivity contribution in [2.75, 3.05) is 27.9 Å². The van der Waals surface area contributed by atoms with Crippen LogP contribution in [0.5, 0.6) is 11.5 Å². The molecule has 1 aromatic carbocycles. The molecule has 0 aliphatic carbocycles. The van der Waals surface area contributed by atoms with Gasteiger partial charge in [0.25, 0.3) is 11.1 Å². The number of amides is 2. The zero-order valence-corrected chi connectivity index (χ0v) is 13.6. The Bertz CT molecular complexity index is 685. The lowest BCUT2D eigenvalue weighted by Crippen LogP contribution is -2.22. The van der Waals surface area contributed by atoms with Gasteiger partial charge in [-0.3, -0.25) is 14.5 Å². The summed E-state index contributed by atoms with van der Waals surface area (Å²) >= 11 is 0.838. The third-order valence-corrected chi connectivity index (χ3v) is 4.03. The first kappa shape index (κ1) is 16.9. The Morgan fingerprint density at radius 3 is 2.61 bits per heavy atom. The van der Waals surface area contributed by atoms with Gasteiger partial charge in [0.05, 0.1) is 19.1 Å². The minimum Gasteiger partial charge on any atom is -0.493 e. The molecule has 1 heterocycles. The Kier molecular flexibility index (Phi) is 5.28. The zero-order chi connectivity index (χ0) is 17.0. The SMILES string of the molecule is COC(=O)COc1c(/C=C2/SC(=O)N(C)C2=O)cccc1OC. The number of benzene rings is 1. The van der Waals surface area contributed by atoms with E-state index < -0.39 is 5.97 Å². The normalized spacial score (nSPS) is 16.0. The molecular weight excluding hydrogens is 322 g/mol. The fourth-order valence-corrected chi connectivity index (χ4v) is 2.66. The monoisotopic (exact) mass is 337 g/mol. The Morgan fingerprint density at radius 2 is 2.04 bits per heavy atom. The molecule has 0 aromatic heterocycles. The summed E-state index contributed by atoms with van der Waals surface area (Å²) in [4.78, 5) is 36.1. The number of esters is 1. The lowest BCUT2D eigenvalue weighted by Gasteiger charge is -2.12. The molecule has 0 spiro atoms. The highest BCUT2D eigenvalue weighted by atomic mass is 32.2. The highest BCUT2D eigenvalue weighted by Gasteiger charge is 2.32. The Hall–Kier alpha value is -2.48. The van der Waals surface area contributed by atoms with Crippen molar-refractivity contribution in [1.29, 1.82) is 0 Å². The molecule has 1 fully saturated rings. The van der Waals surface area contributed by atoms with Crippen LogP contribution in [0.15, 0.2) is 23.1 Å². The lowest BCUT2D eigenvalue weighted by atomic mass is 10.1. The van der Waals surface area contributed by atoms with E-state index in [4.69, 9.17) is 9.47 Å². The second-order valence-corrected chi connectivity index (χ2v) is 5.48. The van der Waals surface area contributed by atoms with Crippen molar-refractivity contribution in [2.24, 2.45) is 0 Å². The van der Waals surface area contributed by atoms with Crippen molar-refractivity contribution in [1.82, 2.24) is 4.90 Å². The first-order chi connectivity index (χ1) is 11.0.